The summed E-state index contributed by atoms with van der Waals surface area (Å²) in [6.07, 6.45) is 5.30. The molecule has 0 aliphatic heterocycles. The average molecular weight is 198 g/mol. The molecular weight excluding hydrogens is 180 g/mol. The van der Waals surface area contributed by atoms with E-state index in [0.29, 0.717) is 13.2 Å². The molecule has 0 aromatic heterocycles. The van der Waals surface area contributed by atoms with Gasteiger partial charge in [0, 0.05) is 19.1 Å². The van der Waals surface area contributed by atoms with E-state index in [0.717, 1.165) is 0 Å². The van der Waals surface area contributed by atoms with Crippen LogP contribution in [0.15, 0.2) is 0 Å². The molecule has 0 saturated heterocycles. The molecule has 4 heteroatoms. The zero-order chi connectivity index (χ0) is 11.0. The van der Waals surface area contributed by atoms with Crippen LogP contribution in [-0.4, -0.2) is 31.2 Å². The molecule has 0 rings (SSSR count). The summed E-state index contributed by atoms with van der Waals surface area (Å²) in [6, 6.07) is -0.657. The molecule has 0 radical (unpaired) electrons. The van der Waals surface area contributed by atoms with Crippen molar-refractivity contribution in [2.24, 2.45) is 5.73 Å². The van der Waals surface area contributed by atoms with E-state index < -0.39 is 6.04 Å². The molecule has 1 amide bonds. The van der Waals surface area contributed by atoms with Crippen LogP contribution in [0.4, 0.5) is 0 Å². The summed E-state index contributed by atoms with van der Waals surface area (Å²) in [5, 5.41) is 2.71. The third-order valence-electron chi connectivity index (χ3n) is 1.64. The quantitative estimate of drug-likeness (QED) is 0.585. The normalized spacial score (nSPS) is 14.1. The standard InChI is InChI=1S/C10H18N2O2/c1-4-6-9(11)10(13)12-8(3)7-14-5-2/h1,8-9H,5-7,11H2,2-3H3,(H,12,13). The topological polar surface area (TPSA) is 64.4 Å². The monoisotopic (exact) mass is 198 g/mol. The first kappa shape index (κ1) is 12.9. The number of carbonyl (C=O) groups excluding carboxylic acids is 1. The van der Waals surface area contributed by atoms with Crippen molar-refractivity contribution in [1.29, 1.82) is 0 Å². The molecule has 0 spiro atoms. The van der Waals surface area contributed by atoms with E-state index in [2.05, 4.69) is 11.2 Å². The van der Waals surface area contributed by atoms with Crippen molar-refractivity contribution in [1.82, 2.24) is 5.32 Å². The van der Waals surface area contributed by atoms with Crippen LogP contribution < -0.4 is 11.1 Å². The second-order valence-electron chi connectivity index (χ2n) is 3.08. The van der Waals surface area contributed by atoms with Gasteiger partial charge in [-0.2, -0.15) is 0 Å². The van der Waals surface area contributed by atoms with E-state index in [1.807, 2.05) is 13.8 Å². The lowest BCUT2D eigenvalue weighted by atomic mass is 10.2. The first-order chi connectivity index (χ1) is 6.61. The lowest BCUT2D eigenvalue weighted by Gasteiger charge is -2.15. The van der Waals surface area contributed by atoms with E-state index in [4.69, 9.17) is 16.9 Å². The Kier molecular flexibility index (Phi) is 6.81. The van der Waals surface area contributed by atoms with Crippen LogP contribution in [-0.2, 0) is 9.53 Å². The molecule has 3 N–H and O–H groups in total. The smallest absolute Gasteiger partial charge is 0.238 e. The molecule has 4 nitrogen and oxygen atoms in total. The van der Waals surface area contributed by atoms with Crippen LogP contribution in [0.3, 0.4) is 0 Å². The maximum Gasteiger partial charge on any atom is 0.238 e. The Labute approximate surface area is 85.2 Å². The van der Waals surface area contributed by atoms with Gasteiger partial charge in [-0.15, -0.1) is 12.3 Å². The minimum Gasteiger partial charge on any atom is -0.380 e. The Balaban J connectivity index is 3.76. The highest BCUT2D eigenvalue weighted by atomic mass is 16.5. The SMILES string of the molecule is C#CCC(N)C(=O)NC(C)COCC. The third kappa shape index (κ3) is 5.57. The van der Waals surface area contributed by atoms with E-state index in [-0.39, 0.29) is 18.4 Å². The second-order valence-corrected chi connectivity index (χ2v) is 3.08. The van der Waals surface area contributed by atoms with Gasteiger partial charge in [0.05, 0.1) is 12.6 Å². The van der Waals surface area contributed by atoms with Gasteiger partial charge in [0.1, 0.15) is 0 Å². The average Bonchev–Trinajstić information content (AvgIpc) is 2.15. The minimum absolute atomic E-state index is 0.0359. The van der Waals surface area contributed by atoms with Crippen LogP contribution in [0.1, 0.15) is 20.3 Å². The summed E-state index contributed by atoms with van der Waals surface area (Å²) in [5.41, 5.74) is 5.51. The van der Waals surface area contributed by atoms with E-state index in [1.54, 1.807) is 0 Å². The highest BCUT2D eigenvalue weighted by Gasteiger charge is 2.14. The molecule has 2 atom stereocenters. The van der Waals surface area contributed by atoms with Crippen LogP contribution in [0.2, 0.25) is 0 Å². The first-order valence-electron chi connectivity index (χ1n) is 4.69. The molecule has 14 heavy (non-hydrogen) atoms. The predicted octanol–water partition coefficient (Wildman–Crippen LogP) is -0.122. The maximum absolute atomic E-state index is 11.3. The summed E-state index contributed by atoms with van der Waals surface area (Å²) >= 11 is 0. The van der Waals surface area contributed by atoms with Gasteiger partial charge in [0.15, 0.2) is 0 Å². The highest BCUT2D eigenvalue weighted by Crippen LogP contribution is 1.89. The number of terminal acetylenes is 1. The number of nitrogens with one attached hydrogen (secondary N) is 1. The number of carbonyl (C=O) groups is 1. The maximum atomic E-state index is 11.3. The lowest BCUT2D eigenvalue weighted by molar-refractivity contribution is -0.123. The molecule has 0 saturated carbocycles. The Morgan fingerprint density at radius 3 is 2.86 bits per heavy atom. The molecule has 0 aliphatic carbocycles. The summed E-state index contributed by atoms with van der Waals surface area (Å²) < 4.78 is 5.14. The first-order valence-corrected chi connectivity index (χ1v) is 4.69. The summed E-state index contributed by atoms with van der Waals surface area (Å²) in [5.74, 6) is 2.12. The lowest BCUT2D eigenvalue weighted by Crippen LogP contribution is -2.45. The van der Waals surface area contributed by atoms with E-state index in [9.17, 15) is 4.79 Å². The van der Waals surface area contributed by atoms with Crippen LogP contribution in [0.25, 0.3) is 0 Å². The van der Waals surface area contributed by atoms with Crippen LogP contribution in [0, 0.1) is 12.3 Å². The number of ether oxygens (including phenoxy) is 1. The number of hydrogen-bond donors (Lipinski definition) is 2. The molecule has 0 aliphatic rings. The molecule has 0 heterocycles. The van der Waals surface area contributed by atoms with Gasteiger partial charge in [0.2, 0.25) is 5.91 Å². The van der Waals surface area contributed by atoms with E-state index >= 15 is 0 Å². The number of nitrogens with two attached hydrogens (primary N) is 1. The molecule has 0 fully saturated rings. The van der Waals surface area contributed by atoms with Crippen molar-refractivity contribution in [3.8, 4) is 12.3 Å². The summed E-state index contributed by atoms with van der Waals surface area (Å²) in [4.78, 5) is 11.3. The van der Waals surface area contributed by atoms with Crippen molar-refractivity contribution in [3.63, 3.8) is 0 Å². The molecule has 80 valence electrons. The van der Waals surface area contributed by atoms with E-state index in [1.165, 1.54) is 0 Å². The Morgan fingerprint density at radius 2 is 2.36 bits per heavy atom. The molecular formula is C10H18N2O2. The van der Waals surface area contributed by atoms with Gasteiger partial charge in [-0.05, 0) is 13.8 Å². The van der Waals surface area contributed by atoms with Crippen molar-refractivity contribution in [3.05, 3.63) is 0 Å². The van der Waals surface area contributed by atoms with Crippen molar-refractivity contribution < 1.29 is 9.53 Å². The number of amides is 1. The fourth-order valence-corrected chi connectivity index (χ4v) is 0.906. The van der Waals surface area contributed by atoms with Gasteiger partial charge >= 0.3 is 0 Å². The molecule has 0 aromatic rings. The molecule has 2 unspecified atom stereocenters. The van der Waals surface area contributed by atoms with Gasteiger partial charge in [-0.1, -0.05) is 0 Å². The fourth-order valence-electron chi connectivity index (χ4n) is 0.906. The minimum atomic E-state index is -0.621. The van der Waals surface area contributed by atoms with Crippen molar-refractivity contribution >= 4 is 5.91 Å². The zero-order valence-corrected chi connectivity index (χ0v) is 8.75. The Morgan fingerprint density at radius 1 is 1.71 bits per heavy atom. The summed E-state index contributed by atoms with van der Waals surface area (Å²) in [7, 11) is 0. The third-order valence-corrected chi connectivity index (χ3v) is 1.64. The Hall–Kier alpha value is -1.05. The molecule has 0 aromatic carbocycles. The van der Waals surface area contributed by atoms with Crippen LogP contribution in [0.5, 0.6) is 0 Å². The highest BCUT2D eigenvalue weighted by molar-refractivity contribution is 5.82. The van der Waals surface area contributed by atoms with Gasteiger partial charge in [-0.25, -0.2) is 0 Å². The van der Waals surface area contributed by atoms with Gasteiger partial charge in [0.25, 0.3) is 0 Å². The van der Waals surface area contributed by atoms with Crippen LogP contribution >= 0.6 is 0 Å². The number of hydrogen-bond acceptors (Lipinski definition) is 3. The fraction of sp³-hybridized carbons (Fsp3) is 0.700. The van der Waals surface area contributed by atoms with Gasteiger partial charge < -0.3 is 15.8 Å². The van der Waals surface area contributed by atoms with Gasteiger partial charge in [-0.3, -0.25) is 4.79 Å². The second kappa shape index (κ2) is 7.36. The Bertz CT molecular complexity index is 211. The molecule has 0 bridgehead atoms. The number of rotatable bonds is 6. The largest absolute Gasteiger partial charge is 0.380 e. The zero-order valence-electron chi connectivity index (χ0n) is 8.75. The predicted molar refractivity (Wildman–Crippen MR) is 55.5 cm³/mol. The van der Waals surface area contributed by atoms with Crippen molar-refractivity contribution in [2.75, 3.05) is 13.2 Å². The summed E-state index contributed by atoms with van der Waals surface area (Å²) in [6.45, 7) is 4.89. The van der Waals surface area contributed by atoms with Crippen molar-refractivity contribution in [2.45, 2.75) is 32.4 Å².